The Morgan fingerprint density at radius 1 is 1.36 bits per heavy atom. The van der Waals surface area contributed by atoms with E-state index in [1.165, 1.54) is 19.3 Å². The van der Waals surface area contributed by atoms with Crippen molar-refractivity contribution in [2.75, 3.05) is 0 Å². The summed E-state index contributed by atoms with van der Waals surface area (Å²) in [6.07, 6.45) is 10.4. The second kappa shape index (κ2) is 5.84. The normalized spacial score (nSPS) is 11.1. The molecule has 14 heavy (non-hydrogen) atoms. The zero-order chi connectivity index (χ0) is 10.4. The molecule has 0 saturated carbocycles. The Hall–Kier alpha value is -0.790. The molecular weight excluding hydrogens is 172 g/mol. The molecule has 2 heteroatoms. The van der Waals surface area contributed by atoms with Gasteiger partial charge < -0.3 is 0 Å². The average Bonchev–Trinajstić information content (AvgIpc) is 2.59. The van der Waals surface area contributed by atoms with E-state index in [1.54, 1.807) is 0 Å². The summed E-state index contributed by atoms with van der Waals surface area (Å²) < 4.78 is 4.57. The number of aromatic nitrogens is 2. The Balaban J connectivity index is 2.35. The summed E-state index contributed by atoms with van der Waals surface area (Å²) in [5.74, 6) is 0.793. The standard InChI is InChI=1S/C12H23N2/c1-4-5-7-13-9-10-14(11-13)8-6-12(2)3/h9-12H,4-8H2,1-3H3/q+1. The van der Waals surface area contributed by atoms with Crippen molar-refractivity contribution in [2.24, 2.45) is 5.92 Å². The van der Waals surface area contributed by atoms with Crippen LogP contribution in [-0.2, 0) is 13.1 Å². The molecule has 0 atom stereocenters. The lowest BCUT2D eigenvalue weighted by Gasteiger charge is -2.00. The quantitative estimate of drug-likeness (QED) is 0.617. The summed E-state index contributed by atoms with van der Waals surface area (Å²) in [5.41, 5.74) is 0. The Bertz CT molecular complexity index is 251. The van der Waals surface area contributed by atoms with Crippen LogP contribution in [0.3, 0.4) is 0 Å². The highest BCUT2D eigenvalue weighted by Crippen LogP contribution is 2.01. The fraction of sp³-hybridized carbons (Fsp3) is 0.750. The number of unbranched alkanes of at least 4 members (excludes halogenated alkanes) is 1. The second-order valence-corrected chi connectivity index (χ2v) is 4.43. The summed E-state index contributed by atoms with van der Waals surface area (Å²) >= 11 is 0. The van der Waals surface area contributed by atoms with Gasteiger partial charge >= 0.3 is 0 Å². The first-order chi connectivity index (χ1) is 6.72. The van der Waals surface area contributed by atoms with Gasteiger partial charge in [0.1, 0.15) is 12.4 Å². The molecule has 0 saturated heterocycles. The zero-order valence-electron chi connectivity index (χ0n) is 9.74. The van der Waals surface area contributed by atoms with Gasteiger partial charge in [-0.1, -0.05) is 27.2 Å². The zero-order valence-corrected chi connectivity index (χ0v) is 9.74. The van der Waals surface area contributed by atoms with E-state index in [-0.39, 0.29) is 0 Å². The molecule has 0 aromatic carbocycles. The molecule has 0 spiro atoms. The first-order valence-electron chi connectivity index (χ1n) is 5.77. The van der Waals surface area contributed by atoms with E-state index < -0.39 is 0 Å². The first-order valence-corrected chi connectivity index (χ1v) is 5.77. The highest BCUT2D eigenvalue weighted by molar-refractivity contribution is 4.66. The maximum atomic E-state index is 2.29. The number of rotatable bonds is 6. The minimum atomic E-state index is 0.793. The number of hydrogen-bond acceptors (Lipinski definition) is 0. The van der Waals surface area contributed by atoms with Crippen LogP contribution in [-0.4, -0.2) is 4.57 Å². The van der Waals surface area contributed by atoms with Gasteiger partial charge in [0, 0.05) is 0 Å². The third kappa shape index (κ3) is 3.95. The lowest BCUT2D eigenvalue weighted by molar-refractivity contribution is -0.696. The highest BCUT2D eigenvalue weighted by Gasteiger charge is 2.03. The third-order valence-corrected chi connectivity index (χ3v) is 2.48. The summed E-state index contributed by atoms with van der Waals surface area (Å²) in [6, 6.07) is 0. The third-order valence-electron chi connectivity index (χ3n) is 2.48. The van der Waals surface area contributed by atoms with Crippen LogP contribution < -0.4 is 4.57 Å². The number of aryl methyl sites for hydroxylation is 2. The van der Waals surface area contributed by atoms with Crippen LogP contribution in [0.5, 0.6) is 0 Å². The maximum Gasteiger partial charge on any atom is 0.243 e. The van der Waals surface area contributed by atoms with Gasteiger partial charge in [-0.3, -0.25) is 0 Å². The van der Waals surface area contributed by atoms with E-state index >= 15 is 0 Å². The molecule has 0 aliphatic heterocycles. The van der Waals surface area contributed by atoms with Crippen molar-refractivity contribution >= 4 is 0 Å². The summed E-state index contributed by atoms with van der Waals surface area (Å²) in [6.45, 7) is 9.08. The van der Waals surface area contributed by atoms with Crippen molar-refractivity contribution < 1.29 is 4.57 Å². The van der Waals surface area contributed by atoms with Crippen molar-refractivity contribution in [3.8, 4) is 0 Å². The van der Waals surface area contributed by atoms with Crippen molar-refractivity contribution in [1.82, 2.24) is 4.57 Å². The number of imidazole rings is 1. The van der Waals surface area contributed by atoms with E-state index in [1.807, 2.05) is 0 Å². The predicted molar refractivity (Wildman–Crippen MR) is 59.0 cm³/mol. The Labute approximate surface area is 87.6 Å². The van der Waals surface area contributed by atoms with Crippen LogP contribution in [0.15, 0.2) is 18.7 Å². The van der Waals surface area contributed by atoms with Gasteiger partial charge in [-0.2, -0.15) is 0 Å². The topological polar surface area (TPSA) is 8.81 Å². The molecule has 1 heterocycles. The maximum absolute atomic E-state index is 2.29. The SMILES string of the molecule is CCCC[n+]1ccn(CCC(C)C)c1. The van der Waals surface area contributed by atoms with Crippen molar-refractivity contribution in [3.05, 3.63) is 18.7 Å². The van der Waals surface area contributed by atoms with E-state index in [0.29, 0.717) is 0 Å². The molecule has 1 aromatic heterocycles. The molecule has 0 radical (unpaired) electrons. The molecule has 1 rings (SSSR count). The molecule has 1 aromatic rings. The van der Waals surface area contributed by atoms with Gasteiger partial charge in [0.05, 0.1) is 13.1 Å². The Morgan fingerprint density at radius 2 is 2.14 bits per heavy atom. The largest absolute Gasteiger partial charge is 0.243 e. The minimum absolute atomic E-state index is 0.793. The molecule has 0 unspecified atom stereocenters. The fourth-order valence-electron chi connectivity index (χ4n) is 1.45. The molecule has 2 nitrogen and oxygen atoms in total. The molecule has 0 amide bonds. The minimum Gasteiger partial charge on any atom is -0.237 e. The molecular formula is C12H23N2+. The molecule has 0 N–H and O–H groups in total. The second-order valence-electron chi connectivity index (χ2n) is 4.43. The van der Waals surface area contributed by atoms with Gasteiger partial charge in [0.25, 0.3) is 0 Å². The Kier molecular flexibility index (Phi) is 4.71. The average molecular weight is 195 g/mol. The van der Waals surface area contributed by atoms with Crippen molar-refractivity contribution in [2.45, 2.75) is 53.1 Å². The van der Waals surface area contributed by atoms with Gasteiger partial charge in [-0.25, -0.2) is 9.13 Å². The van der Waals surface area contributed by atoms with E-state index in [2.05, 4.69) is 48.6 Å². The summed E-state index contributed by atoms with van der Waals surface area (Å²) in [5, 5.41) is 0. The van der Waals surface area contributed by atoms with Crippen LogP contribution in [0.4, 0.5) is 0 Å². The molecule has 0 aliphatic rings. The van der Waals surface area contributed by atoms with Crippen molar-refractivity contribution in [3.63, 3.8) is 0 Å². The van der Waals surface area contributed by atoms with E-state index in [4.69, 9.17) is 0 Å². The lowest BCUT2D eigenvalue weighted by Crippen LogP contribution is -2.30. The predicted octanol–water partition coefficient (Wildman–Crippen LogP) is 2.62. The lowest BCUT2D eigenvalue weighted by atomic mass is 10.1. The summed E-state index contributed by atoms with van der Waals surface area (Å²) in [4.78, 5) is 0. The first kappa shape index (κ1) is 11.3. The molecule has 80 valence electrons. The highest BCUT2D eigenvalue weighted by atomic mass is 15.1. The van der Waals surface area contributed by atoms with Crippen LogP contribution in [0.2, 0.25) is 0 Å². The van der Waals surface area contributed by atoms with E-state index in [0.717, 1.165) is 19.0 Å². The van der Waals surface area contributed by atoms with Gasteiger partial charge in [-0.05, 0) is 18.8 Å². The van der Waals surface area contributed by atoms with Crippen molar-refractivity contribution in [1.29, 1.82) is 0 Å². The molecule has 0 fully saturated rings. The van der Waals surface area contributed by atoms with Gasteiger partial charge in [0.2, 0.25) is 6.33 Å². The smallest absolute Gasteiger partial charge is 0.237 e. The van der Waals surface area contributed by atoms with E-state index in [9.17, 15) is 0 Å². The van der Waals surface area contributed by atoms with Crippen LogP contribution in [0, 0.1) is 5.92 Å². The fourth-order valence-corrected chi connectivity index (χ4v) is 1.45. The van der Waals surface area contributed by atoms with Gasteiger partial charge in [0.15, 0.2) is 0 Å². The van der Waals surface area contributed by atoms with Crippen LogP contribution in [0.25, 0.3) is 0 Å². The number of nitrogens with zero attached hydrogens (tertiary/aromatic N) is 2. The summed E-state index contributed by atoms with van der Waals surface area (Å²) in [7, 11) is 0. The number of hydrogen-bond donors (Lipinski definition) is 0. The Morgan fingerprint density at radius 3 is 2.79 bits per heavy atom. The van der Waals surface area contributed by atoms with Crippen LogP contribution in [0.1, 0.15) is 40.0 Å². The molecule has 0 bridgehead atoms. The monoisotopic (exact) mass is 195 g/mol. The van der Waals surface area contributed by atoms with Crippen LogP contribution >= 0.6 is 0 Å². The molecule has 0 aliphatic carbocycles. The van der Waals surface area contributed by atoms with Gasteiger partial charge in [-0.15, -0.1) is 0 Å².